The molecule has 5 nitrogen and oxygen atoms in total. The summed E-state index contributed by atoms with van der Waals surface area (Å²) in [6.45, 7) is 7.21. The third-order valence-electron chi connectivity index (χ3n) is 4.10. The van der Waals surface area contributed by atoms with Gasteiger partial charge in [-0.25, -0.2) is 9.38 Å². The molecule has 1 aliphatic heterocycles. The molecule has 0 bridgehead atoms. The average molecular weight is 465 g/mol. The number of benzene rings is 1. The Balaban J connectivity index is 0.00000312. The van der Waals surface area contributed by atoms with Gasteiger partial charge in [0.05, 0.1) is 18.8 Å². The van der Waals surface area contributed by atoms with Crippen molar-refractivity contribution in [2.45, 2.75) is 45.4 Å². The number of aliphatic imine (C=N–C) groups is 1. The van der Waals surface area contributed by atoms with Gasteiger partial charge >= 0.3 is 0 Å². The van der Waals surface area contributed by atoms with E-state index in [0.29, 0.717) is 12.1 Å². The van der Waals surface area contributed by atoms with Crippen LogP contribution < -0.4 is 10.6 Å². The Morgan fingerprint density at radius 3 is 2.84 bits per heavy atom. The molecule has 0 aliphatic carbocycles. The summed E-state index contributed by atoms with van der Waals surface area (Å²) >= 11 is 0. The van der Waals surface area contributed by atoms with Crippen molar-refractivity contribution in [3.8, 4) is 0 Å². The van der Waals surface area contributed by atoms with Crippen LogP contribution in [0, 0.1) is 5.82 Å². The van der Waals surface area contributed by atoms with E-state index in [9.17, 15) is 4.39 Å². The van der Waals surface area contributed by atoms with Crippen LogP contribution in [0.15, 0.2) is 23.2 Å². The van der Waals surface area contributed by atoms with Crippen LogP contribution in [0.5, 0.6) is 0 Å². The molecule has 1 aromatic carbocycles. The number of nitrogens with one attached hydrogen (secondary N) is 2. The predicted octanol–water partition coefficient (Wildman–Crippen LogP) is 3.21. The molecule has 142 valence electrons. The van der Waals surface area contributed by atoms with Crippen LogP contribution in [-0.4, -0.2) is 38.4 Å². The lowest BCUT2D eigenvalue weighted by Crippen LogP contribution is -2.45. The van der Waals surface area contributed by atoms with Gasteiger partial charge < -0.3 is 20.1 Å². The molecular formula is C18H29FIN3O2. The minimum Gasteiger partial charge on any atom is -0.380 e. The Morgan fingerprint density at radius 1 is 1.40 bits per heavy atom. The van der Waals surface area contributed by atoms with Crippen LogP contribution >= 0.6 is 24.0 Å². The highest BCUT2D eigenvalue weighted by atomic mass is 127. The van der Waals surface area contributed by atoms with Crippen LogP contribution in [0.1, 0.15) is 37.8 Å². The zero-order valence-corrected chi connectivity index (χ0v) is 17.6. The molecule has 1 aliphatic rings. The van der Waals surface area contributed by atoms with Crippen LogP contribution in [0.25, 0.3) is 0 Å². The molecule has 1 fully saturated rings. The van der Waals surface area contributed by atoms with Gasteiger partial charge in [0.25, 0.3) is 0 Å². The summed E-state index contributed by atoms with van der Waals surface area (Å²) in [6.07, 6.45) is 2.15. The molecule has 0 spiro atoms. The first kappa shape index (κ1) is 22.1. The van der Waals surface area contributed by atoms with E-state index in [4.69, 9.17) is 9.47 Å². The van der Waals surface area contributed by atoms with Crippen molar-refractivity contribution in [2.24, 2.45) is 4.99 Å². The molecule has 1 unspecified atom stereocenters. The first-order valence-corrected chi connectivity index (χ1v) is 8.49. The van der Waals surface area contributed by atoms with E-state index < -0.39 is 0 Å². The van der Waals surface area contributed by atoms with Crippen LogP contribution in [-0.2, 0) is 22.6 Å². The minimum atomic E-state index is -0.249. The zero-order chi connectivity index (χ0) is 17.4. The SMILES string of the molecule is CCNC(=NCc1ccc(F)c(COC)c1)NCC1(C)CCCO1.I. The lowest BCUT2D eigenvalue weighted by Gasteiger charge is -2.24. The second-order valence-electron chi connectivity index (χ2n) is 6.31. The molecule has 0 saturated carbocycles. The van der Waals surface area contributed by atoms with Crippen molar-refractivity contribution < 1.29 is 13.9 Å². The molecule has 25 heavy (non-hydrogen) atoms. The van der Waals surface area contributed by atoms with Gasteiger partial charge in [-0.15, -0.1) is 24.0 Å². The summed E-state index contributed by atoms with van der Waals surface area (Å²) in [4.78, 5) is 4.58. The van der Waals surface area contributed by atoms with Gasteiger partial charge in [-0.2, -0.15) is 0 Å². The molecule has 1 heterocycles. The number of ether oxygens (including phenoxy) is 2. The van der Waals surface area contributed by atoms with Gasteiger partial charge in [0, 0.05) is 32.4 Å². The van der Waals surface area contributed by atoms with Gasteiger partial charge in [0.1, 0.15) is 5.82 Å². The van der Waals surface area contributed by atoms with Gasteiger partial charge in [0.15, 0.2) is 5.96 Å². The lowest BCUT2D eigenvalue weighted by atomic mass is 10.0. The fourth-order valence-electron chi connectivity index (χ4n) is 2.75. The third-order valence-corrected chi connectivity index (χ3v) is 4.10. The molecule has 0 aromatic heterocycles. The van der Waals surface area contributed by atoms with Gasteiger partial charge in [0.2, 0.25) is 0 Å². The Kier molecular flexibility index (Phi) is 9.66. The topological polar surface area (TPSA) is 54.9 Å². The zero-order valence-electron chi connectivity index (χ0n) is 15.2. The first-order chi connectivity index (χ1) is 11.6. The Labute approximate surface area is 166 Å². The van der Waals surface area contributed by atoms with Gasteiger partial charge in [-0.1, -0.05) is 6.07 Å². The summed E-state index contributed by atoms with van der Waals surface area (Å²) in [6, 6.07) is 5.02. The second-order valence-corrected chi connectivity index (χ2v) is 6.31. The van der Waals surface area contributed by atoms with Gasteiger partial charge in [-0.3, -0.25) is 0 Å². The number of methoxy groups -OCH3 is 1. The smallest absolute Gasteiger partial charge is 0.191 e. The fraction of sp³-hybridized carbons (Fsp3) is 0.611. The van der Waals surface area contributed by atoms with Crippen LogP contribution in [0.3, 0.4) is 0 Å². The van der Waals surface area contributed by atoms with E-state index in [1.807, 2.05) is 6.92 Å². The summed E-state index contributed by atoms with van der Waals surface area (Å²) < 4.78 is 24.5. The highest BCUT2D eigenvalue weighted by Gasteiger charge is 2.29. The average Bonchev–Trinajstić information content (AvgIpc) is 3.00. The first-order valence-electron chi connectivity index (χ1n) is 8.49. The fourth-order valence-corrected chi connectivity index (χ4v) is 2.75. The molecule has 0 amide bonds. The highest BCUT2D eigenvalue weighted by molar-refractivity contribution is 14.0. The number of nitrogens with zero attached hydrogens (tertiary/aromatic N) is 1. The standard InChI is InChI=1S/C18H28FN3O2.HI/c1-4-20-17(22-13-18(2)8-5-9-24-18)21-11-14-6-7-16(19)15(10-14)12-23-3;/h6-7,10H,4-5,8-9,11-13H2,1-3H3,(H2,20,21,22);1H. The Hall–Kier alpha value is -0.930. The van der Waals surface area contributed by atoms with E-state index in [1.54, 1.807) is 19.2 Å². The van der Waals surface area contributed by atoms with E-state index in [2.05, 4.69) is 22.5 Å². The van der Waals surface area contributed by atoms with Crippen molar-refractivity contribution in [1.29, 1.82) is 0 Å². The highest BCUT2D eigenvalue weighted by Crippen LogP contribution is 2.23. The van der Waals surface area contributed by atoms with Crippen molar-refractivity contribution in [2.75, 3.05) is 26.8 Å². The maximum atomic E-state index is 13.7. The molecule has 1 saturated heterocycles. The molecule has 7 heteroatoms. The number of hydrogen-bond acceptors (Lipinski definition) is 3. The molecule has 2 N–H and O–H groups in total. The number of guanidine groups is 1. The Bertz CT molecular complexity index is 563. The van der Waals surface area contributed by atoms with Crippen molar-refractivity contribution in [3.05, 3.63) is 35.1 Å². The molecule has 0 radical (unpaired) electrons. The van der Waals surface area contributed by atoms with Crippen LogP contribution in [0.4, 0.5) is 4.39 Å². The largest absolute Gasteiger partial charge is 0.380 e. The summed E-state index contributed by atoms with van der Waals surface area (Å²) in [7, 11) is 1.56. The Morgan fingerprint density at radius 2 is 2.20 bits per heavy atom. The molecular weight excluding hydrogens is 436 g/mol. The molecule has 2 rings (SSSR count). The second kappa shape index (κ2) is 10.9. The van der Waals surface area contributed by atoms with Crippen molar-refractivity contribution in [3.63, 3.8) is 0 Å². The predicted molar refractivity (Wildman–Crippen MR) is 109 cm³/mol. The maximum absolute atomic E-state index is 13.7. The van der Waals surface area contributed by atoms with Gasteiger partial charge in [-0.05, 0) is 44.4 Å². The third kappa shape index (κ3) is 7.07. The quantitative estimate of drug-likeness (QED) is 0.369. The van der Waals surface area contributed by atoms with E-state index in [-0.39, 0.29) is 42.0 Å². The van der Waals surface area contributed by atoms with Crippen LogP contribution in [0.2, 0.25) is 0 Å². The summed E-state index contributed by atoms with van der Waals surface area (Å²) in [5.41, 5.74) is 1.37. The summed E-state index contributed by atoms with van der Waals surface area (Å²) in [5, 5.41) is 6.57. The number of halogens is 2. The van der Waals surface area contributed by atoms with Crippen molar-refractivity contribution in [1.82, 2.24) is 10.6 Å². The monoisotopic (exact) mass is 465 g/mol. The maximum Gasteiger partial charge on any atom is 0.191 e. The van der Waals surface area contributed by atoms with E-state index in [0.717, 1.165) is 44.1 Å². The summed E-state index contributed by atoms with van der Waals surface area (Å²) in [5.74, 6) is 0.493. The number of rotatable bonds is 7. The number of hydrogen-bond donors (Lipinski definition) is 2. The minimum absolute atomic E-state index is 0. The van der Waals surface area contributed by atoms with Crippen molar-refractivity contribution >= 4 is 29.9 Å². The lowest BCUT2D eigenvalue weighted by molar-refractivity contribution is 0.0243. The molecule has 1 aromatic rings. The van der Waals surface area contributed by atoms with E-state index >= 15 is 0 Å². The normalized spacial score (nSPS) is 20.2. The molecule has 1 atom stereocenters. The van der Waals surface area contributed by atoms with E-state index in [1.165, 1.54) is 6.07 Å².